The highest BCUT2D eigenvalue weighted by molar-refractivity contribution is 5.55. The lowest BCUT2D eigenvalue weighted by molar-refractivity contribution is 0.323. The van der Waals surface area contributed by atoms with Crippen LogP contribution in [-0.4, -0.2) is 13.1 Å². The first-order valence-corrected chi connectivity index (χ1v) is 6.79. The first-order chi connectivity index (χ1) is 8.50. The molecule has 1 heterocycles. The van der Waals surface area contributed by atoms with Gasteiger partial charge in [-0.1, -0.05) is 19.9 Å². The maximum Gasteiger partial charge on any atom is 0.130 e. The lowest BCUT2D eigenvalue weighted by Crippen LogP contribution is -2.39. The van der Waals surface area contributed by atoms with Crippen LogP contribution < -0.4 is 10.6 Å². The molecule has 0 amide bonds. The van der Waals surface area contributed by atoms with Crippen LogP contribution in [0.25, 0.3) is 0 Å². The van der Waals surface area contributed by atoms with E-state index >= 15 is 0 Å². The largest absolute Gasteiger partial charge is 0.371 e. The minimum absolute atomic E-state index is 0.186. The summed E-state index contributed by atoms with van der Waals surface area (Å²) in [6, 6.07) is 5.00. The zero-order valence-corrected chi connectivity index (χ0v) is 11.5. The Labute approximate surface area is 109 Å². The molecule has 2 unspecified atom stereocenters. The summed E-state index contributed by atoms with van der Waals surface area (Å²) in [7, 11) is 0. The number of rotatable bonds is 2. The molecule has 1 aliphatic rings. The van der Waals surface area contributed by atoms with Crippen LogP contribution in [0.3, 0.4) is 0 Å². The normalized spacial score (nSPS) is 26.2. The van der Waals surface area contributed by atoms with Gasteiger partial charge in [0, 0.05) is 30.4 Å². The Morgan fingerprint density at radius 2 is 2.06 bits per heavy atom. The van der Waals surface area contributed by atoms with E-state index in [2.05, 4.69) is 18.7 Å². The molecule has 0 spiro atoms. The highest BCUT2D eigenvalue weighted by Gasteiger charge is 2.25. The summed E-state index contributed by atoms with van der Waals surface area (Å²) >= 11 is 0. The molecule has 3 atom stereocenters. The highest BCUT2D eigenvalue weighted by Crippen LogP contribution is 2.32. The maximum absolute atomic E-state index is 13.9. The van der Waals surface area contributed by atoms with Crippen LogP contribution in [0.15, 0.2) is 18.2 Å². The van der Waals surface area contributed by atoms with Crippen molar-refractivity contribution in [2.75, 3.05) is 18.0 Å². The first-order valence-electron chi connectivity index (χ1n) is 6.79. The van der Waals surface area contributed by atoms with Gasteiger partial charge < -0.3 is 10.6 Å². The molecule has 0 aliphatic carbocycles. The van der Waals surface area contributed by atoms with E-state index in [4.69, 9.17) is 5.73 Å². The van der Waals surface area contributed by atoms with Gasteiger partial charge in [-0.2, -0.15) is 0 Å². The fourth-order valence-corrected chi connectivity index (χ4v) is 2.73. The topological polar surface area (TPSA) is 29.3 Å². The average Bonchev–Trinajstić information content (AvgIpc) is 2.32. The second kappa shape index (κ2) is 5.27. The van der Waals surface area contributed by atoms with Gasteiger partial charge in [-0.3, -0.25) is 0 Å². The number of hydrogen-bond donors (Lipinski definition) is 1. The number of benzene rings is 1. The molecule has 1 aliphatic heterocycles. The van der Waals surface area contributed by atoms with Gasteiger partial charge in [-0.05, 0) is 37.3 Å². The van der Waals surface area contributed by atoms with Crippen molar-refractivity contribution in [1.29, 1.82) is 0 Å². The van der Waals surface area contributed by atoms with Crippen LogP contribution in [0.2, 0.25) is 0 Å². The molecular weight excluding hydrogens is 227 g/mol. The molecule has 100 valence electrons. The van der Waals surface area contributed by atoms with E-state index in [1.165, 1.54) is 6.07 Å². The van der Waals surface area contributed by atoms with Crippen molar-refractivity contribution in [3.05, 3.63) is 29.6 Å². The lowest BCUT2D eigenvalue weighted by atomic mass is 9.88. The Balaban J connectivity index is 2.31. The van der Waals surface area contributed by atoms with Crippen LogP contribution in [0.4, 0.5) is 10.1 Å². The molecule has 2 nitrogen and oxygen atoms in total. The highest BCUT2D eigenvalue weighted by atomic mass is 19.1. The van der Waals surface area contributed by atoms with Gasteiger partial charge in [0.15, 0.2) is 0 Å². The van der Waals surface area contributed by atoms with E-state index in [9.17, 15) is 4.39 Å². The molecule has 0 bridgehead atoms. The summed E-state index contributed by atoms with van der Waals surface area (Å²) in [5.41, 5.74) is 7.55. The Bertz CT molecular complexity index is 417. The number of halogens is 1. The van der Waals surface area contributed by atoms with Crippen molar-refractivity contribution < 1.29 is 4.39 Å². The fraction of sp³-hybridized carbons (Fsp3) is 0.600. The van der Waals surface area contributed by atoms with Gasteiger partial charge in [0.05, 0.1) is 0 Å². The Morgan fingerprint density at radius 1 is 1.33 bits per heavy atom. The second-order valence-corrected chi connectivity index (χ2v) is 5.65. The van der Waals surface area contributed by atoms with Crippen LogP contribution in [-0.2, 0) is 0 Å². The first kappa shape index (κ1) is 13.3. The van der Waals surface area contributed by atoms with Gasteiger partial charge in [-0.25, -0.2) is 4.39 Å². The molecule has 0 aromatic heterocycles. The van der Waals surface area contributed by atoms with Crippen LogP contribution in [0.1, 0.15) is 38.8 Å². The van der Waals surface area contributed by atoms with E-state index in [1.807, 2.05) is 13.0 Å². The monoisotopic (exact) mass is 250 g/mol. The van der Waals surface area contributed by atoms with Gasteiger partial charge >= 0.3 is 0 Å². The van der Waals surface area contributed by atoms with E-state index in [1.54, 1.807) is 6.07 Å². The zero-order chi connectivity index (χ0) is 13.3. The third-order valence-electron chi connectivity index (χ3n) is 4.16. The van der Waals surface area contributed by atoms with Gasteiger partial charge in [0.25, 0.3) is 0 Å². The number of anilines is 1. The minimum Gasteiger partial charge on any atom is -0.371 e. The summed E-state index contributed by atoms with van der Waals surface area (Å²) < 4.78 is 13.9. The van der Waals surface area contributed by atoms with E-state index < -0.39 is 0 Å². The van der Waals surface area contributed by atoms with Crippen molar-refractivity contribution in [1.82, 2.24) is 0 Å². The standard InChI is InChI=1S/C15H23FN2/c1-10-7-8-18(9-11(10)2)14-6-4-5-13(16)15(14)12(3)17/h4-6,10-12H,7-9,17H2,1-3H3/t10?,11?,12-/m1/s1. The van der Waals surface area contributed by atoms with Crippen LogP contribution >= 0.6 is 0 Å². The van der Waals surface area contributed by atoms with Crippen molar-refractivity contribution in [3.8, 4) is 0 Å². The third kappa shape index (κ3) is 2.51. The number of piperidine rings is 1. The molecule has 3 heteroatoms. The van der Waals surface area contributed by atoms with E-state index in [-0.39, 0.29) is 11.9 Å². The molecule has 2 rings (SSSR count). The summed E-state index contributed by atoms with van der Waals surface area (Å²) in [6.45, 7) is 8.39. The van der Waals surface area contributed by atoms with Gasteiger partial charge in [-0.15, -0.1) is 0 Å². The van der Waals surface area contributed by atoms with Crippen LogP contribution in [0.5, 0.6) is 0 Å². The average molecular weight is 250 g/mol. The number of nitrogens with zero attached hydrogens (tertiary/aromatic N) is 1. The van der Waals surface area contributed by atoms with Crippen LogP contribution in [0, 0.1) is 17.7 Å². The SMILES string of the molecule is CC1CCN(c2cccc(F)c2[C@@H](C)N)CC1C. The molecule has 1 saturated heterocycles. The van der Waals surface area contributed by atoms with Gasteiger partial charge in [0.1, 0.15) is 5.82 Å². The predicted octanol–water partition coefficient (Wildman–Crippen LogP) is 3.33. The van der Waals surface area contributed by atoms with Crippen molar-refractivity contribution in [2.24, 2.45) is 17.6 Å². The second-order valence-electron chi connectivity index (χ2n) is 5.65. The molecule has 0 saturated carbocycles. The summed E-state index contributed by atoms with van der Waals surface area (Å²) in [5.74, 6) is 1.20. The Hall–Kier alpha value is -1.09. The van der Waals surface area contributed by atoms with Crippen molar-refractivity contribution in [3.63, 3.8) is 0 Å². The maximum atomic E-state index is 13.9. The van der Waals surface area contributed by atoms with Gasteiger partial charge in [0.2, 0.25) is 0 Å². The van der Waals surface area contributed by atoms with Crippen molar-refractivity contribution >= 4 is 5.69 Å². The molecule has 2 N–H and O–H groups in total. The molecule has 1 aromatic rings. The zero-order valence-electron chi connectivity index (χ0n) is 11.5. The molecule has 18 heavy (non-hydrogen) atoms. The minimum atomic E-state index is -0.268. The fourth-order valence-electron chi connectivity index (χ4n) is 2.73. The summed E-state index contributed by atoms with van der Waals surface area (Å²) in [5, 5.41) is 0. The molecular formula is C15H23FN2. The van der Waals surface area contributed by atoms with Crippen molar-refractivity contribution in [2.45, 2.75) is 33.2 Å². The van der Waals surface area contributed by atoms with E-state index in [0.29, 0.717) is 11.5 Å². The Kier molecular flexibility index (Phi) is 3.91. The summed E-state index contributed by atoms with van der Waals surface area (Å²) in [4.78, 5) is 2.28. The Morgan fingerprint density at radius 3 is 2.67 bits per heavy atom. The lowest BCUT2D eigenvalue weighted by Gasteiger charge is -2.38. The number of nitrogens with two attached hydrogens (primary N) is 1. The summed E-state index contributed by atoms with van der Waals surface area (Å²) in [6.07, 6.45) is 1.16. The molecule has 1 aromatic carbocycles. The predicted molar refractivity (Wildman–Crippen MR) is 74.2 cm³/mol. The van der Waals surface area contributed by atoms with E-state index in [0.717, 1.165) is 31.1 Å². The quantitative estimate of drug-likeness (QED) is 0.872. The number of hydrogen-bond acceptors (Lipinski definition) is 2. The molecule has 0 radical (unpaired) electrons. The molecule has 1 fully saturated rings. The smallest absolute Gasteiger partial charge is 0.130 e. The third-order valence-corrected chi connectivity index (χ3v) is 4.16.